The summed E-state index contributed by atoms with van der Waals surface area (Å²) in [7, 11) is 2.15. The molecule has 0 radical (unpaired) electrons. The molecule has 2 aliphatic heterocycles. The van der Waals surface area contributed by atoms with Gasteiger partial charge in [-0.1, -0.05) is 13.8 Å². The molecular weight excluding hydrogens is 284 g/mol. The minimum atomic E-state index is 0.470. The Bertz CT molecular complexity index is 710. The molecular formula is C19H28N4. The first kappa shape index (κ1) is 15.2. The van der Waals surface area contributed by atoms with Crippen LogP contribution in [-0.4, -0.2) is 34.1 Å². The van der Waals surface area contributed by atoms with Crippen LogP contribution >= 0.6 is 0 Å². The fraction of sp³-hybridized carbons (Fsp3) is 0.632. The first-order chi connectivity index (χ1) is 11.1. The molecule has 4 nitrogen and oxygen atoms in total. The third-order valence-corrected chi connectivity index (χ3v) is 5.46. The van der Waals surface area contributed by atoms with E-state index in [1.807, 2.05) is 0 Å². The molecule has 2 aromatic rings. The van der Waals surface area contributed by atoms with E-state index < -0.39 is 0 Å². The van der Waals surface area contributed by atoms with Crippen molar-refractivity contribution in [3.63, 3.8) is 0 Å². The molecule has 4 rings (SSSR count). The van der Waals surface area contributed by atoms with Gasteiger partial charge in [-0.3, -0.25) is 4.90 Å². The summed E-state index contributed by atoms with van der Waals surface area (Å²) in [5.41, 5.74) is 5.43. The fourth-order valence-corrected chi connectivity index (χ4v) is 4.27. The minimum absolute atomic E-state index is 0.470. The van der Waals surface area contributed by atoms with E-state index >= 15 is 0 Å². The number of hydrogen-bond acceptors (Lipinski definition) is 3. The topological polar surface area (TPSA) is 33.1 Å². The largest absolute Gasteiger partial charge is 0.331 e. The maximum atomic E-state index is 4.86. The van der Waals surface area contributed by atoms with Crippen molar-refractivity contribution < 1.29 is 0 Å². The van der Waals surface area contributed by atoms with Gasteiger partial charge >= 0.3 is 0 Å². The average Bonchev–Trinajstić information content (AvgIpc) is 3.06. The van der Waals surface area contributed by atoms with E-state index in [1.54, 1.807) is 0 Å². The number of fused-ring (bicyclic) bond motifs is 2. The van der Waals surface area contributed by atoms with Gasteiger partial charge in [-0.2, -0.15) is 0 Å². The zero-order valence-corrected chi connectivity index (χ0v) is 14.6. The highest BCUT2D eigenvalue weighted by Crippen LogP contribution is 2.30. The number of hydrogen-bond donors (Lipinski definition) is 1. The second kappa shape index (κ2) is 5.91. The summed E-state index contributed by atoms with van der Waals surface area (Å²) in [5.74, 6) is 2.48. The predicted octanol–water partition coefficient (Wildman–Crippen LogP) is 3.01. The van der Waals surface area contributed by atoms with Crippen molar-refractivity contribution in [2.45, 2.75) is 45.7 Å². The summed E-state index contributed by atoms with van der Waals surface area (Å²) in [6.07, 6.45) is 2.71. The van der Waals surface area contributed by atoms with Crippen LogP contribution in [0.15, 0.2) is 12.1 Å². The fourth-order valence-electron chi connectivity index (χ4n) is 4.27. The second-order valence-corrected chi connectivity index (χ2v) is 7.68. The van der Waals surface area contributed by atoms with Gasteiger partial charge in [0, 0.05) is 32.6 Å². The van der Waals surface area contributed by atoms with Crippen LogP contribution in [0.25, 0.3) is 11.0 Å². The van der Waals surface area contributed by atoms with Crippen LogP contribution in [0.3, 0.4) is 0 Å². The maximum Gasteiger partial charge on any atom is 0.112 e. The standard InChI is InChI=1S/C19H28N4/c1-13(2)19-21-17-7-15-11-23(10-14-5-4-6-20-9-14)12-16(15)8-18(17)22(19)3/h7-8,13-14,20H,4-6,9-12H2,1-3H3. The second-order valence-electron chi connectivity index (χ2n) is 7.68. The lowest BCUT2D eigenvalue weighted by Crippen LogP contribution is -2.36. The zero-order valence-electron chi connectivity index (χ0n) is 14.6. The van der Waals surface area contributed by atoms with Gasteiger partial charge in [-0.05, 0) is 55.1 Å². The molecule has 3 heterocycles. The van der Waals surface area contributed by atoms with Gasteiger partial charge in [0.25, 0.3) is 0 Å². The molecule has 0 bridgehead atoms. The molecule has 1 atom stereocenters. The Hall–Kier alpha value is -1.39. The lowest BCUT2D eigenvalue weighted by atomic mass is 9.99. The lowest BCUT2D eigenvalue weighted by molar-refractivity contribution is 0.211. The van der Waals surface area contributed by atoms with Gasteiger partial charge in [0.15, 0.2) is 0 Å². The molecule has 1 aromatic carbocycles. The number of benzene rings is 1. The normalized spacial score (nSPS) is 22.2. The molecule has 0 amide bonds. The van der Waals surface area contributed by atoms with Crippen LogP contribution < -0.4 is 5.32 Å². The van der Waals surface area contributed by atoms with Crippen molar-refractivity contribution in [1.29, 1.82) is 0 Å². The molecule has 1 N–H and O–H groups in total. The van der Waals surface area contributed by atoms with Crippen molar-refractivity contribution in [3.8, 4) is 0 Å². The predicted molar refractivity (Wildman–Crippen MR) is 94.5 cm³/mol. The van der Waals surface area contributed by atoms with E-state index in [1.165, 1.54) is 54.9 Å². The van der Waals surface area contributed by atoms with Crippen LogP contribution in [0.4, 0.5) is 0 Å². The van der Waals surface area contributed by atoms with E-state index in [9.17, 15) is 0 Å². The zero-order chi connectivity index (χ0) is 16.0. The Balaban J connectivity index is 1.55. The summed E-state index contributed by atoms with van der Waals surface area (Å²) in [5, 5.41) is 3.54. The van der Waals surface area contributed by atoms with Gasteiger partial charge in [0.05, 0.1) is 11.0 Å². The number of nitrogens with one attached hydrogen (secondary N) is 1. The molecule has 1 fully saturated rings. The Morgan fingerprint density at radius 3 is 2.74 bits per heavy atom. The molecule has 23 heavy (non-hydrogen) atoms. The van der Waals surface area contributed by atoms with E-state index in [0.29, 0.717) is 5.92 Å². The van der Waals surface area contributed by atoms with E-state index in [4.69, 9.17) is 4.98 Å². The quantitative estimate of drug-likeness (QED) is 0.946. The first-order valence-electron chi connectivity index (χ1n) is 9.03. The summed E-state index contributed by atoms with van der Waals surface area (Å²) >= 11 is 0. The van der Waals surface area contributed by atoms with Crippen molar-refractivity contribution in [2.75, 3.05) is 19.6 Å². The summed E-state index contributed by atoms with van der Waals surface area (Å²) < 4.78 is 2.27. The SMILES string of the molecule is CC(C)c1nc2cc3c(cc2n1C)CN(CC1CCCNC1)C3. The Morgan fingerprint density at radius 1 is 1.26 bits per heavy atom. The third kappa shape index (κ3) is 2.79. The number of imidazole rings is 1. The summed E-state index contributed by atoms with van der Waals surface area (Å²) in [4.78, 5) is 7.48. The van der Waals surface area contributed by atoms with Crippen LogP contribution in [0.5, 0.6) is 0 Å². The van der Waals surface area contributed by atoms with Crippen LogP contribution in [0, 0.1) is 5.92 Å². The van der Waals surface area contributed by atoms with E-state index in [-0.39, 0.29) is 0 Å². The van der Waals surface area contributed by atoms with Gasteiger partial charge in [-0.25, -0.2) is 4.98 Å². The first-order valence-corrected chi connectivity index (χ1v) is 9.03. The van der Waals surface area contributed by atoms with Crippen LogP contribution in [0.2, 0.25) is 0 Å². The molecule has 0 saturated carbocycles. The number of rotatable bonds is 3. The highest BCUT2D eigenvalue weighted by atomic mass is 15.1. The maximum absolute atomic E-state index is 4.86. The molecule has 124 valence electrons. The van der Waals surface area contributed by atoms with Gasteiger partial charge in [0.2, 0.25) is 0 Å². The molecule has 4 heteroatoms. The summed E-state index contributed by atoms with van der Waals surface area (Å²) in [6, 6.07) is 4.71. The number of aromatic nitrogens is 2. The average molecular weight is 312 g/mol. The molecule has 0 spiro atoms. The van der Waals surface area contributed by atoms with E-state index in [0.717, 1.165) is 24.5 Å². The van der Waals surface area contributed by atoms with Gasteiger partial charge in [-0.15, -0.1) is 0 Å². The smallest absolute Gasteiger partial charge is 0.112 e. The van der Waals surface area contributed by atoms with Crippen molar-refractivity contribution in [3.05, 3.63) is 29.1 Å². The molecule has 0 aliphatic carbocycles. The van der Waals surface area contributed by atoms with Crippen molar-refractivity contribution >= 4 is 11.0 Å². The number of nitrogens with zero attached hydrogens (tertiary/aromatic N) is 3. The molecule has 2 aliphatic rings. The van der Waals surface area contributed by atoms with Crippen LogP contribution in [-0.2, 0) is 20.1 Å². The number of piperidine rings is 1. The van der Waals surface area contributed by atoms with Crippen molar-refractivity contribution in [1.82, 2.24) is 19.8 Å². The Labute approximate surface area is 138 Å². The summed E-state index contributed by atoms with van der Waals surface area (Å²) in [6.45, 7) is 10.2. The van der Waals surface area contributed by atoms with Gasteiger partial charge in [0.1, 0.15) is 5.82 Å². The minimum Gasteiger partial charge on any atom is -0.331 e. The monoisotopic (exact) mass is 312 g/mol. The highest BCUT2D eigenvalue weighted by Gasteiger charge is 2.24. The molecule has 1 unspecified atom stereocenters. The highest BCUT2D eigenvalue weighted by molar-refractivity contribution is 5.78. The Morgan fingerprint density at radius 2 is 2.04 bits per heavy atom. The lowest BCUT2D eigenvalue weighted by Gasteiger charge is -2.27. The number of aryl methyl sites for hydroxylation is 1. The Kier molecular flexibility index (Phi) is 3.90. The molecule has 1 aromatic heterocycles. The van der Waals surface area contributed by atoms with E-state index in [2.05, 4.69) is 47.8 Å². The van der Waals surface area contributed by atoms with Crippen molar-refractivity contribution in [2.24, 2.45) is 13.0 Å². The van der Waals surface area contributed by atoms with Gasteiger partial charge < -0.3 is 9.88 Å². The molecule has 1 saturated heterocycles. The third-order valence-electron chi connectivity index (χ3n) is 5.46. The van der Waals surface area contributed by atoms with Crippen LogP contribution in [0.1, 0.15) is 49.6 Å².